The average Bonchev–Trinajstić information content (AvgIpc) is 2.66. The summed E-state index contributed by atoms with van der Waals surface area (Å²) in [6.45, 7) is 3.25. The van der Waals surface area contributed by atoms with Crippen LogP contribution in [0.25, 0.3) is 0 Å². The van der Waals surface area contributed by atoms with E-state index in [1.807, 2.05) is 43.3 Å². The predicted molar refractivity (Wildman–Crippen MR) is 116 cm³/mol. The largest absolute Gasteiger partial charge is 0.492 e. The Labute approximate surface area is 180 Å². The van der Waals surface area contributed by atoms with Gasteiger partial charge in [-0.15, -0.1) is 0 Å². The first-order valence-corrected chi connectivity index (χ1v) is 9.97. The maximum absolute atomic E-state index is 6.30. The quantitative estimate of drug-likeness (QED) is 0.225. The third-order valence-electron chi connectivity index (χ3n) is 3.64. The maximum atomic E-state index is 6.30. The molecule has 0 heterocycles. The standard InChI is InChI=1S/C21H22Cl3NO3/c1-16-13-18(26-12-9-20(23)24)14-19(22)21(16)27-10-5-6-11-28-25-15-17-7-3-2-4-8-17/h2-4,7-9,13-15H,5-6,10-12H2,1H3/b25-15+. The third-order valence-corrected chi connectivity index (χ3v) is 4.23. The van der Waals surface area contributed by atoms with Crippen LogP contribution in [0, 0.1) is 6.92 Å². The highest BCUT2D eigenvalue weighted by atomic mass is 35.5. The minimum atomic E-state index is 0.164. The van der Waals surface area contributed by atoms with E-state index in [-0.39, 0.29) is 11.1 Å². The Hall–Kier alpha value is -1.88. The van der Waals surface area contributed by atoms with Gasteiger partial charge in [0.1, 0.15) is 29.2 Å². The van der Waals surface area contributed by atoms with Gasteiger partial charge in [0.15, 0.2) is 0 Å². The van der Waals surface area contributed by atoms with Crippen LogP contribution in [0.2, 0.25) is 5.02 Å². The van der Waals surface area contributed by atoms with Crippen LogP contribution in [0.15, 0.2) is 58.2 Å². The van der Waals surface area contributed by atoms with Crippen LogP contribution in [0.4, 0.5) is 0 Å². The van der Waals surface area contributed by atoms with E-state index in [0.29, 0.717) is 29.7 Å². The second kappa shape index (κ2) is 12.6. The Morgan fingerprint density at radius 2 is 1.79 bits per heavy atom. The molecule has 0 aliphatic rings. The molecular formula is C21H22Cl3NO3. The molecule has 0 N–H and O–H groups in total. The van der Waals surface area contributed by atoms with Gasteiger partial charge >= 0.3 is 0 Å². The SMILES string of the molecule is Cc1cc(OCC=C(Cl)Cl)cc(Cl)c1OCCCCO/N=C/c1ccccc1. The molecule has 28 heavy (non-hydrogen) atoms. The van der Waals surface area contributed by atoms with Gasteiger partial charge < -0.3 is 14.3 Å². The molecule has 0 fully saturated rings. The lowest BCUT2D eigenvalue weighted by molar-refractivity contribution is 0.137. The number of aryl methyl sites for hydroxylation is 1. The minimum absolute atomic E-state index is 0.164. The van der Waals surface area contributed by atoms with Crippen LogP contribution in [-0.4, -0.2) is 26.0 Å². The van der Waals surface area contributed by atoms with Crippen LogP contribution in [-0.2, 0) is 4.84 Å². The third kappa shape index (κ3) is 8.42. The van der Waals surface area contributed by atoms with E-state index in [1.54, 1.807) is 18.4 Å². The Morgan fingerprint density at radius 3 is 2.50 bits per heavy atom. The summed E-state index contributed by atoms with van der Waals surface area (Å²) in [7, 11) is 0. The highest BCUT2D eigenvalue weighted by Crippen LogP contribution is 2.33. The van der Waals surface area contributed by atoms with Gasteiger partial charge in [0.2, 0.25) is 0 Å². The molecule has 0 aliphatic carbocycles. The van der Waals surface area contributed by atoms with Gasteiger partial charge in [-0.1, -0.05) is 70.3 Å². The molecule has 7 heteroatoms. The molecule has 2 aromatic rings. The number of hydrogen-bond donors (Lipinski definition) is 0. The normalized spacial score (nSPS) is 10.7. The van der Waals surface area contributed by atoms with Crippen molar-refractivity contribution in [1.82, 2.24) is 0 Å². The Morgan fingerprint density at radius 1 is 1.04 bits per heavy atom. The van der Waals surface area contributed by atoms with E-state index in [1.165, 1.54) is 0 Å². The molecule has 0 unspecified atom stereocenters. The molecule has 0 aromatic heterocycles. The van der Waals surface area contributed by atoms with E-state index in [9.17, 15) is 0 Å². The number of hydrogen-bond acceptors (Lipinski definition) is 4. The zero-order valence-corrected chi connectivity index (χ0v) is 17.8. The molecule has 0 bridgehead atoms. The fourth-order valence-corrected chi connectivity index (χ4v) is 2.74. The number of rotatable bonds is 11. The van der Waals surface area contributed by atoms with E-state index < -0.39 is 0 Å². The highest BCUT2D eigenvalue weighted by molar-refractivity contribution is 6.55. The topological polar surface area (TPSA) is 40.0 Å². The van der Waals surface area contributed by atoms with Gasteiger partial charge in [-0.05, 0) is 43.0 Å². The molecule has 2 aromatic carbocycles. The first-order valence-electron chi connectivity index (χ1n) is 8.83. The van der Waals surface area contributed by atoms with Crippen molar-refractivity contribution in [3.05, 3.63) is 69.2 Å². The summed E-state index contributed by atoms with van der Waals surface area (Å²) >= 11 is 17.4. The monoisotopic (exact) mass is 441 g/mol. The second-order valence-electron chi connectivity index (χ2n) is 5.89. The fourth-order valence-electron chi connectivity index (χ4n) is 2.30. The summed E-state index contributed by atoms with van der Waals surface area (Å²) in [5.74, 6) is 1.29. The lowest BCUT2D eigenvalue weighted by Gasteiger charge is -2.13. The molecule has 0 atom stereocenters. The van der Waals surface area contributed by atoms with Gasteiger partial charge in [0.05, 0.1) is 17.8 Å². The zero-order chi connectivity index (χ0) is 20.2. The molecule has 0 aliphatic heterocycles. The van der Waals surface area contributed by atoms with Crippen molar-refractivity contribution in [3.8, 4) is 11.5 Å². The van der Waals surface area contributed by atoms with Crippen LogP contribution in [0.5, 0.6) is 11.5 Å². The van der Waals surface area contributed by atoms with Crippen LogP contribution >= 0.6 is 34.8 Å². The van der Waals surface area contributed by atoms with Gasteiger partial charge in [0, 0.05) is 6.07 Å². The Balaban J connectivity index is 1.68. The summed E-state index contributed by atoms with van der Waals surface area (Å²) in [4.78, 5) is 5.26. The van der Waals surface area contributed by atoms with Gasteiger partial charge in [-0.3, -0.25) is 0 Å². The summed E-state index contributed by atoms with van der Waals surface area (Å²) in [5.41, 5.74) is 1.90. The van der Waals surface area contributed by atoms with E-state index in [4.69, 9.17) is 49.1 Å². The molecule has 0 saturated heterocycles. The zero-order valence-electron chi connectivity index (χ0n) is 15.5. The number of halogens is 3. The number of nitrogens with zero attached hydrogens (tertiary/aromatic N) is 1. The fraction of sp³-hybridized carbons (Fsp3) is 0.286. The molecule has 0 spiro atoms. The van der Waals surface area contributed by atoms with Crippen molar-refractivity contribution >= 4 is 41.0 Å². The highest BCUT2D eigenvalue weighted by Gasteiger charge is 2.09. The number of oxime groups is 1. The van der Waals surface area contributed by atoms with E-state index in [2.05, 4.69) is 5.16 Å². The Kier molecular flexibility index (Phi) is 10.0. The van der Waals surface area contributed by atoms with Gasteiger partial charge in [-0.25, -0.2) is 0 Å². The van der Waals surface area contributed by atoms with Crippen molar-refractivity contribution in [3.63, 3.8) is 0 Å². The van der Waals surface area contributed by atoms with Crippen LogP contribution in [0.1, 0.15) is 24.0 Å². The molecule has 2 rings (SSSR count). The molecule has 0 radical (unpaired) electrons. The number of benzene rings is 2. The maximum Gasteiger partial charge on any atom is 0.141 e. The predicted octanol–water partition coefficient (Wildman–Crippen LogP) is 6.56. The lowest BCUT2D eigenvalue weighted by atomic mass is 10.2. The van der Waals surface area contributed by atoms with Crippen molar-refractivity contribution in [2.24, 2.45) is 5.16 Å². The van der Waals surface area contributed by atoms with Crippen LogP contribution in [0.3, 0.4) is 0 Å². The molecule has 0 amide bonds. The van der Waals surface area contributed by atoms with Crippen molar-refractivity contribution in [2.45, 2.75) is 19.8 Å². The number of unbranched alkanes of at least 4 members (excludes halogenated alkanes) is 1. The molecule has 150 valence electrons. The van der Waals surface area contributed by atoms with E-state index in [0.717, 1.165) is 24.0 Å². The average molecular weight is 443 g/mol. The van der Waals surface area contributed by atoms with Crippen molar-refractivity contribution < 1.29 is 14.3 Å². The molecular weight excluding hydrogens is 421 g/mol. The summed E-state index contributed by atoms with van der Waals surface area (Å²) < 4.78 is 11.5. The van der Waals surface area contributed by atoms with Gasteiger partial charge in [0.25, 0.3) is 0 Å². The number of ether oxygens (including phenoxy) is 2. The first-order chi connectivity index (χ1) is 13.6. The minimum Gasteiger partial charge on any atom is -0.492 e. The summed E-state index contributed by atoms with van der Waals surface area (Å²) in [6.07, 6.45) is 4.91. The summed E-state index contributed by atoms with van der Waals surface area (Å²) in [5, 5.41) is 4.45. The Bertz CT molecular complexity index is 768. The van der Waals surface area contributed by atoms with Crippen molar-refractivity contribution in [1.29, 1.82) is 0 Å². The van der Waals surface area contributed by atoms with E-state index >= 15 is 0 Å². The van der Waals surface area contributed by atoms with Crippen LogP contribution < -0.4 is 9.47 Å². The molecule has 4 nitrogen and oxygen atoms in total. The molecule has 0 saturated carbocycles. The summed E-state index contributed by atoms with van der Waals surface area (Å²) in [6, 6.07) is 13.4. The smallest absolute Gasteiger partial charge is 0.141 e. The lowest BCUT2D eigenvalue weighted by Crippen LogP contribution is -2.02. The van der Waals surface area contributed by atoms with Crippen molar-refractivity contribution in [2.75, 3.05) is 19.8 Å². The first kappa shape index (κ1) is 22.4. The second-order valence-corrected chi connectivity index (χ2v) is 7.30. The van der Waals surface area contributed by atoms with Gasteiger partial charge in [-0.2, -0.15) is 0 Å².